The van der Waals surface area contributed by atoms with Crippen LogP contribution < -0.4 is 0 Å². The van der Waals surface area contributed by atoms with Gasteiger partial charge < -0.3 is 4.90 Å². The SMILES string of the molecule is CN(Cc1c(Br)cnn1C)C(=O)CC12CC3CC(CC(C3)C1)C2. The lowest BCUT2D eigenvalue weighted by Gasteiger charge is -2.56. The summed E-state index contributed by atoms with van der Waals surface area (Å²) in [5.41, 5.74) is 1.38. The molecule has 0 N–H and O–H groups in total. The predicted molar refractivity (Wildman–Crippen MR) is 92.6 cm³/mol. The molecule has 1 amide bonds. The van der Waals surface area contributed by atoms with Gasteiger partial charge in [-0.2, -0.15) is 5.10 Å². The van der Waals surface area contributed by atoms with Crippen LogP contribution in [0.2, 0.25) is 0 Å². The molecule has 0 atom stereocenters. The van der Waals surface area contributed by atoms with Crippen molar-refractivity contribution in [2.24, 2.45) is 30.2 Å². The molecule has 4 nitrogen and oxygen atoms in total. The third kappa shape index (κ3) is 2.86. The molecule has 5 heteroatoms. The topological polar surface area (TPSA) is 38.1 Å². The van der Waals surface area contributed by atoms with Crippen LogP contribution in [0.4, 0.5) is 0 Å². The van der Waals surface area contributed by atoms with E-state index in [1.165, 1.54) is 38.5 Å². The molecule has 4 aliphatic carbocycles. The van der Waals surface area contributed by atoms with Gasteiger partial charge in [0.2, 0.25) is 5.91 Å². The van der Waals surface area contributed by atoms with Gasteiger partial charge >= 0.3 is 0 Å². The molecule has 4 aliphatic rings. The Morgan fingerprint density at radius 1 is 1.30 bits per heavy atom. The van der Waals surface area contributed by atoms with Gasteiger partial charge in [0.25, 0.3) is 0 Å². The number of hydrogen-bond acceptors (Lipinski definition) is 2. The molecule has 0 aromatic carbocycles. The number of amides is 1. The van der Waals surface area contributed by atoms with Crippen LogP contribution in [0.3, 0.4) is 0 Å². The molecule has 0 radical (unpaired) electrons. The fraction of sp³-hybridized carbons (Fsp3) is 0.778. The van der Waals surface area contributed by atoms with Gasteiger partial charge in [0.1, 0.15) is 0 Å². The van der Waals surface area contributed by atoms with Crippen LogP contribution in [0.1, 0.15) is 50.6 Å². The molecule has 126 valence electrons. The first-order valence-corrected chi connectivity index (χ1v) is 9.64. The Labute approximate surface area is 146 Å². The zero-order chi connectivity index (χ0) is 16.2. The predicted octanol–water partition coefficient (Wildman–Crippen LogP) is 3.75. The maximum absolute atomic E-state index is 12.9. The van der Waals surface area contributed by atoms with Crippen LogP contribution in [0.15, 0.2) is 10.7 Å². The van der Waals surface area contributed by atoms with E-state index in [0.717, 1.165) is 34.3 Å². The minimum atomic E-state index is 0.306. The van der Waals surface area contributed by atoms with Gasteiger partial charge in [-0.15, -0.1) is 0 Å². The minimum absolute atomic E-state index is 0.306. The summed E-state index contributed by atoms with van der Waals surface area (Å²) >= 11 is 3.53. The first kappa shape index (κ1) is 15.7. The summed E-state index contributed by atoms with van der Waals surface area (Å²) in [5, 5.41) is 4.24. The quantitative estimate of drug-likeness (QED) is 0.798. The van der Waals surface area contributed by atoms with Gasteiger partial charge in [-0.1, -0.05) is 0 Å². The standard InChI is InChI=1S/C18H26BrN3O/c1-21(11-16-15(19)10-20-22(16)2)17(23)9-18-6-12-3-13(7-18)5-14(4-12)8-18/h10,12-14H,3-9,11H2,1-2H3. The van der Waals surface area contributed by atoms with Crippen molar-refractivity contribution in [2.45, 2.75) is 51.5 Å². The number of hydrogen-bond donors (Lipinski definition) is 0. The molecular weight excluding hydrogens is 354 g/mol. The van der Waals surface area contributed by atoms with E-state index in [0.29, 0.717) is 17.9 Å². The minimum Gasteiger partial charge on any atom is -0.340 e. The van der Waals surface area contributed by atoms with Gasteiger partial charge in [0.15, 0.2) is 0 Å². The zero-order valence-corrected chi connectivity index (χ0v) is 15.7. The van der Waals surface area contributed by atoms with Crippen LogP contribution in [-0.4, -0.2) is 27.6 Å². The van der Waals surface area contributed by atoms with E-state index < -0.39 is 0 Å². The highest BCUT2D eigenvalue weighted by Crippen LogP contribution is 2.61. The number of carbonyl (C=O) groups excluding carboxylic acids is 1. The summed E-state index contributed by atoms with van der Waals surface area (Å²) in [6.45, 7) is 0.627. The monoisotopic (exact) mass is 379 g/mol. The van der Waals surface area contributed by atoms with Gasteiger partial charge in [-0.3, -0.25) is 9.48 Å². The number of aromatic nitrogens is 2. The van der Waals surface area contributed by atoms with Gasteiger partial charge in [0, 0.05) is 20.5 Å². The van der Waals surface area contributed by atoms with Crippen molar-refractivity contribution in [2.75, 3.05) is 7.05 Å². The second-order valence-corrected chi connectivity index (χ2v) is 9.26. The Morgan fingerprint density at radius 2 is 1.87 bits per heavy atom. The van der Waals surface area contributed by atoms with Gasteiger partial charge in [0.05, 0.1) is 22.9 Å². The molecule has 1 heterocycles. The van der Waals surface area contributed by atoms with E-state index >= 15 is 0 Å². The second-order valence-electron chi connectivity index (χ2n) is 8.41. The normalized spacial score (nSPS) is 34.8. The van der Waals surface area contributed by atoms with Crippen molar-refractivity contribution in [1.29, 1.82) is 0 Å². The van der Waals surface area contributed by atoms with Crippen LogP contribution in [0, 0.1) is 23.2 Å². The molecule has 5 rings (SSSR count). The summed E-state index contributed by atoms with van der Waals surface area (Å²) in [7, 11) is 3.86. The van der Waals surface area contributed by atoms with Gasteiger partial charge in [-0.05, 0) is 77.6 Å². The highest BCUT2D eigenvalue weighted by Gasteiger charge is 2.51. The first-order chi connectivity index (χ1) is 10.9. The van der Waals surface area contributed by atoms with Crippen LogP contribution in [0.5, 0.6) is 0 Å². The van der Waals surface area contributed by atoms with Crippen molar-refractivity contribution in [3.63, 3.8) is 0 Å². The highest BCUT2D eigenvalue weighted by molar-refractivity contribution is 9.10. The highest BCUT2D eigenvalue weighted by atomic mass is 79.9. The van der Waals surface area contributed by atoms with Crippen LogP contribution in [-0.2, 0) is 18.4 Å². The van der Waals surface area contributed by atoms with Crippen LogP contribution in [0.25, 0.3) is 0 Å². The molecule has 4 saturated carbocycles. The van der Waals surface area contributed by atoms with E-state index in [1.807, 2.05) is 23.7 Å². The zero-order valence-electron chi connectivity index (χ0n) is 14.1. The molecule has 0 unspecified atom stereocenters. The van der Waals surface area contributed by atoms with E-state index in [1.54, 1.807) is 6.20 Å². The Morgan fingerprint density at radius 3 is 2.35 bits per heavy atom. The number of rotatable bonds is 4. The van der Waals surface area contributed by atoms with Crippen molar-refractivity contribution >= 4 is 21.8 Å². The summed E-state index contributed by atoms with van der Waals surface area (Å²) in [6, 6.07) is 0. The Balaban J connectivity index is 1.43. The molecule has 4 fully saturated rings. The second kappa shape index (κ2) is 5.61. The molecule has 1 aromatic rings. The molecule has 0 saturated heterocycles. The summed E-state index contributed by atoms with van der Waals surface area (Å²) in [4.78, 5) is 14.7. The molecule has 0 aliphatic heterocycles. The largest absolute Gasteiger partial charge is 0.340 e. The van der Waals surface area contributed by atoms with E-state index in [9.17, 15) is 4.79 Å². The Hall–Kier alpha value is -0.840. The summed E-state index contributed by atoms with van der Waals surface area (Å²) < 4.78 is 2.83. The summed E-state index contributed by atoms with van der Waals surface area (Å²) in [6.07, 6.45) is 10.8. The number of carbonyl (C=O) groups is 1. The fourth-order valence-corrected chi connectivity index (χ4v) is 6.36. The van der Waals surface area contributed by atoms with Crippen molar-refractivity contribution < 1.29 is 4.79 Å². The van der Waals surface area contributed by atoms with Crippen molar-refractivity contribution in [1.82, 2.24) is 14.7 Å². The lowest BCUT2D eigenvalue weighted by molar-refractivity contribution is -0.138. The number of nitrogens with zero attached hydrogens (tertiary/aromatic N) is 3. The molecule has 0 spiro atoms. The lowest BCUT2D eigenvalue weighted by atomic mass is 9.49. The average Bonchev–Trinajstić information content (AvgIpc) is 2.77. The molecular formula is C18H26BrN3O. The maximum Gasteiger partial charge on any atom is 0.223 e. The molecule has 23 heavy (non-hydrogen) atoms. The molecule has 1 aromatic heterocycles. The first-order valence-electron chi connectivity index (χ1n) is 8.84. The van der Waals surface area contributed by atoms with Crippen molar-refractivity contribution in [3.8, 4) is 0 Å². The van der Waals surface area contributed by atoms with Crippen molar-refractivity contribution in [3.05, 3.63) is 16.4 Å². The summed E-state index contributed by atoms with van der Waals surface area (Å²) in [5.74, 6) is 3.03. The van der Waals surface area contributed by atoms with E-state index in [4.69, 9.17) is 0 Å². The smallest absolute Gasteiger partial charge is 0.223 e. The Bertz CT molecular complexity index is 569. The fourth-order valence-electron chi connectivity index (χ4n) is 5.89. The number of aryl methyl sites for hydroxylation is 1. The maximum atomic E-state index is 12.9. The number of halogens is 1. The third-order valence-corrected chi connectivity index (χ3v) is 7.18. The van der Waals surface area contributed by atoms with E-state index in [-0.39, 0.29) is 0 Å². The molecule has 4 bridgehead atoms. The van der Waals surface area contributed by atoms with E-state index in [2.05, 4.69) is 21.0 Å². The third-order valence-electron chi connectivity index (χ3n) is 6.51. The Kier molecular flexibility index (Phi) is 3.82. The lowest BCUT2D eigenvalue weighted by Crippen LogP contribution is -2.48. The van der Waals surface area contributed by atoms with Gasteiger partial charge in [-0.25, -0.2) is 0 Å². The average molecular weight is 380 g/mol. The van der Waals surface area contributed by atoms with Crippen LogP contribution >= 0.6 is 15.9 Å².